The highest BCUT2D eigenvalue weighted by atomic mass is 32.2. The predicted octanol–water partition coefficient (Wildman–Crippen LogP) is 0.160. The van der Waals surface area contributed by atoms with Gasteiger partial charge in [-0.25, -0.2) is 22.4 Å². The van der Waals surface area contributed by atoms with E-state index < -0.39 is 27.4 Å². The van der Waals surface area contributed by atoms with Gasteiger partial charge in [-0.15, -0.1) is 5.11 Å². The molecule has 2 rings (SSSR count). The number of azo groups is 1. The number of pyridine rings is 1. The molecule has 12 heteroatoms. The number of nitrogens with zero attached hydrogens (tertiary/aromatic N) is 3. The minimum atomic E-state index is -3.73. The lowest BCUT2D eigenvalue weighted by atomic mass is 10.0. The van der Waals surface area contributed by atoms with Gasteiger partial charge in [0.25, 0.3) is 0 Å². The molecule has 0 saturated carbocycles. The minimum absolute atomic E-state index is 0.00807. The number of hydrogen-bond acceptors (Lipinski definition) is 9. The Labute approximate surface area is 145 Å². The Morgan fingerprint density at radius 1 is 1.40 bits per heavy atom. The number of allylic oxidation sites excluding steroid dienone is 1. The molecule has 0 saturated heterocycles. The van der Waals surface area contributed by atoms with Gasteiger partial charge in [-0.1, -0.05) is 0 Å². The van der Waals surface area contributed by atoms with Crippen molar-refractivity contribution in [3.63, 3.8) is 0 Å². The second-order valence-electron chi connectivity index (χ2n) is 4.89. The van der Waals surface area contributed by atoms with E-state index in [-0.39, 0.29) is 38.4 Å². The van der Waals surface area contributed by atoms with Crippen LogP contribution in [0.25, 0.3) is 0 Å². The Kier molecular flexibility index (Phi) is 5.13. The molecule has 25 heavy (non-hydrogen) atoms. The fourth-order valence-corrected chi connectivity index (χ4v) is 3.02. The molecule has 1 heterocycles. The molecule has 1 aliphatic rings. The largest absolute Gasteiger partial charge is 0.504 e. The van der Waals surface area contributed by atoms with Gasteiger partial charge in [-0.2, -0.15) is 5.11 Å². The van der Waals surface area contributed by atoms with Crippen LogP contribution in [0.5, 0.6) is 5.75 Å². The summed E-state index contributed by atoms with van der Waals surface area (Å²) in [6.45, 7) is 0. The summed E-state index contributed by atoms with van der Waals surface area (Å²) >= 11 is -0.117. The molecule has 1 aromatic heterocycles. The van der Waals surface area contributed by atoms with Crippen molar-refractivity contribution in [2.75, 3.05) is 12.0 Å². The summed E-state index contributed by atoms with van der Waals surface area (Å²) in [5, 5.41) is 26.0. The first-order valence-electron chi connectivity index (χ1n) is 6.53. The van der Waals surface area contributed by atoms with Crippen molar-refractivity contribution in [3.8, 4) is 5.75 Å². The number of aromatic nitrogens is 1. The van der Waals surface area contributed by atoms with Gasteiger partial charge in [0.2, 0.25) is 0 Å². The second-order valence-corrected chi connectivity index (χ2v) is 7.51. The van der Waals surface area contributed by atoms with Gasteiger partial charge in [0.1, 0.15) is 6.04 Å². The van der Waals surface area contributed by atoms with Crippen molar-refractivity contribution >= 4 is 43.6 Å². The van der Waals surface area contributed by atoms with E-state index in [0.29, 0.717) is 0 Å². The van der Waals surface area contributed by atoms with Crippen LogP contribution >= 0.6 is 0 Å². The maximum Gasteiger partial charge on any atom is 0.337 e. The normalized spacial score (nSPS) is 18.0. The third-order valence-corrected chi connectivity index (χ3v) is 4.81. The number of aromatic hydroxyl groups is 1. The Hall–Kier alpha value is -2.86. The summed E-state index contributed by atoms with van der Waals surface area (Å²) in [7, 11) is -3.73. The average molecular weight is 384 g/mol. The maximum absolute atomic E-state index is 11.7. The van der Waals surface area contributed by atoms with E-state index in [1.165, 1.54) is 12.1 Å². The van der Waals surface area contributed by atoms with E-state index in [1.807, 2.05) is 0 Å². The number of rotatable bonds is 4. The molecule has 0 bridgehead atoms. The standard InChI is InChI=1S/C13H12N4O6S2/c1-25(22,23)6-4-7(13(19)20)11(24-21)8(5-6)16-17-10-3-2-9(18)12(14)15-10/h2-5,8,18H,1H3,(H2,14,15)(H,19,20). The van der Waals surface area contributed by atoms with Gasteiger partial charge in [-0.05, 0) is 24.3 Å². The van der Waals surface area contributed by atoms with E-state index in [0.717, 1.165) is 18.4 Å². The first-order chi connectivity index (χ1) is 11.6. The lowest BCUT2D eigenvalue weighted by molar-refractivity contribution is -0.132. The summed E-state index contributed by atoms with van der Waals surface area (Å²) in [5.41, 5.74) is 4.96. The zero-order valence-corrected chi connectivity index (χ0v) is 14.3. The number of carboxylic acids is 1. The molecular weight excluding hydrogens is 372 g/mol. The molecule has 4 N–H and O–H groups in total. The van der Waals surface area contributed by atoms with Gasteiger partial charge < -0.3 is 15.9 Å². The third-order valence-electron chi connectivity index (χ3n) is 3.06. The van der Waals surface area contributed by atoms with E-state index in [2.05, 4.69) is 15.2 Å². The highest BCUT2D eigenvalue weighted by Crippen LogP contribution is 2.24. The zero-order valence-electron chi connectivity index (χ0n) is 12.6. The van der Waals surface area contributed by atoms with Crippen LogP contribution in [0.15, 0.2) is 45.0 Å². The van der Waals surface area contributed by atoms with Crippen LogP contribution < -0.4 is 5.73 Å². The van der Waals surface area contributed by atoms with Crippen molar-refractivity contribution < 1.29 is 27.6 Å². The Morgan fingerprint density at radius 2 is 2.08 bits per heavy atom. The number of carbonyl (C=O) groups is 1. The average Bonchev–Trinajstić information content (AvgIpc) is 2.54. The first-order valence-corrected chi connectivity index (χ1v) is 9.17. The minimum Gasteiger partial charge on any atom is -0.504 e. The molecule has 0 spiro atoms. The van der Waals surface area contributed by atoms with Crippen molar-refractivity contribution in [3.05, 3.63) is 34.8 Å². The molecule has 0 radical (unpaired) electrons. The van der Waals surface area contributed by atoms with Crippen molar-refractivity contribution in [2.45, 2.75) is 6.04 Å². The summed E-state index contributed by atoms with van der Waals surface area (Å²) in [4.78, 5) is 14.5. The zero-order chi connectivity index (χ0) is 18.8. The quantitative estimate of drug-likeness (QED) is 0.486. The molecule has 1 aliphatic carbocycles. The summed E-state index contributed by atoms with van der Waals surface area (Å²) < 4.78 is 34.7. The molecule has 0 aromatic carbocycles. The smallest absolute Gasteiger partial charge is 0.337 e. The number of hydrogen-bond donors (Lipinski definition) is 3. The van der Waals surface area contributed by atoms with Crippen molar-refractivity contribution in [1.82, 2.24) is 4.98 Å². The fourth-order valence-electron chi connectivity index (χ4n) is 1.86. The van der Waals surface area contributed by atoms with Crippen molar-refractivity contribution in [1.29, 1.82) is 0 Å². The summed E-state index contributed by atoms with van der Waals surface area (Å²) in [5.74, 6) is -1.92. The van der Waals surface area contributed by atoms with Gasteiger partial charge in [0.05, 0.1) is 26.6 Å². The molecule has 0 fully saturated rings. The van der Waals surface area contributed by atoms with E-state index >= 15 is 0 Å². The SMILES string of the molecule is CS(=O)(=O)C1=CC(N=Nc2ccc(O)c(N)n2)C(=S=O)C(C(=O)O)=C1. The highest BCUT2D eigenvalue weighted by Gasteiger charge is 2.30. The summed E-state index contributed by atoms with van der Waals surface area (Å²) in [6.07, 6.45) is 2.93. The molecule has 1 atom stereocenters. The van der Waals surface area contributed by atoms with Crippen LogP contribution in [0.3, 0.4) is 0 Å². The topological polar surface area (TPSA) is 172 Å². The number of aliphatic carboxylic acids is 1. The number of nitrogen functional groups attached to an aromatic ring is 1. The molecule has 0 aliphatic heterocycles. The second kappa shape index (κ2) is 6.94. The fraction of sp³-hybridized carbons (Fsp3) is 0.154. The Bertz CT molecular complexity index is 990. The van der Waals surface area contributed by atoms with Crippen LogP contribution in [0.2, 0.25) is 0 Å². The monoisotopic (exact) mass is 384 g/mol. The van der Waals surface area contributed by atoms with E-state index in [9.17, 15) is 27.6 Å². The maximum atomic E-state index is 11.7. The van der Waals surface area contributed by atoms with Gasteiger partial charge in [-0.3, -0.25) is 0 Å². The molecule has 1 aromatic rings. The highest BCUT2D eigenvalue weighted by molar-refractivity contribution is 7.94. The van der Waals surface area contributed by atoms with Gasteiger partial charge in [0, 0.05) is 6.26 Å². The van der Waals surface area contributed by atoms with Crippen LogP contribution in [-0.4, -0.2) is 51.0 Å². The lowest BCUT2D eigenvalue weighted by Gasteiger charge is -2.16. The predicted molar refractivity (Wildman–Crippen MR) is 90.4 cm³/mol. The van der Waals surface area contributed by atoms with Crippen LogP contribution in [0.4, 0.5) is 11.6 Å². The number of carboxylic acid groups (broad SMARTS) is 1. The van der Waals surface area contributed by atoms with E-state index in [1.54, 1.807) is 0 Å². The van der Waals surface area contributed by atoms with Crippen LogP contribution in [0.1, 0.15) is 0 Å². The number of anilines is 1. The molecule has 1 unspecified atom stereocenters. The van der Waals surface area contributed by atoms with Gasteiger partial charge in [0.15, 0.2) is 27.2 Å². The molecular formula is C13H12N4O6S2. The number of nitrogens with two attached hydrogens (primary N) is 1. The van der Waals surface area contributed by atoms with E-state index in [4.69, 9.17) is 5.73 Å². The molecule has 10 nitrogen and oxygen atoms in total. The Morgan fingerprint density at radius 3 is 2.60 bits per heavy atom. The first kappa shape index (κ1) is 18.5. The van der Waals surface area contributed by atoms with Crippen molar-refractivity contribution in [2.24, 2.45) is 10.2 Å². The lowest BCUT2D eigenvalue weighted by Crippen LogP contribution is -2.27. The van der Waals surface area contributed by atoms with Crippen LogP contribution in [-0.2, 0) is 25.9 Å². The third kappa shape index (κ3) is 4.16. The molecule has 132 valence electrons. The summed E-state index contributed by atoms with van der Waals surface area (Å²) in [6, 6.07) is 1.31. The Balaban J connectivity index is 2.50. The number of sulfone groups is 1. The van der Waals surface area contributed by atoms with Crippen LogP contribution in [0, 0.1) is 0 Å². The molecule has 0 amide bonds. The van der Waals surface area contributed by atoms with Gasteiger partial charge >= 0.3 is 5.97 Å².